The number of hydrogen-bond donors (Lipinski definition) is 0. The molecule has 2 heteroatoms. The lowest BCUT2D eigenvalue weighted by molar-refractivity contribution is 0.0980. The molecule has 0 unspecified atom stereocenters. The summed E-state index contributed by atoms with van der Waals surface area (Å²) in [6.45, 7) is 6.17. The summed E-state index contributed by atoms with van der Waals surface area (Å²) in [6.07, 6.45) is 1.49. The highest BCUT2D eigenvalue weighted by atomic mass is 16.1. The second kappa shape index (κ2) is 7.63. The van der Waals surface area contributed by atoms with Crippen LogP contribution in [0.4, 0.5) is 5.69 Å². The van der Waals surface area contributed by atoms with E-state index in [1.54, 1.807) is 0 Å². The fraction of sp³-hybridized carbons (Fsp3) is 0.316. The predicted octanol–water partition coefficient (Wildman–Crippen LogP) is 4.48. The first-order valence-electron chi connectivity index (χ1n) is 7.61. The Hall–Kier alpha value is -2.09. The van der Waals surface area contributed by atoms with Crippen molar-refractivity contribution in [3.05, 3.63) is 65.7 Å². The highest BCUT2D eigenvalue weighted by molar-refractivity contribution is 5.95. The first-order chi connectivity index (χ1) is 10.2. The van der Waals surface area contributed by atoms with Gasteiger partial charge in [-0.3, -0.25) is 4.79 Å². The number of rotatable bonds is 7. The van der Waals surface area contributed by atoms with Crippen LogP contribution >= 0.6 is 0 Å². The van der Waals surface area contributed by atoms with Crippen molar-refractivity contribution in [1.82, 2.24) is 0 Å². The van der Waals surface area contributed by atoms with E-state index in [0.717, 1.165) is 25.1 Å². The van der Waals surface area contributed by atoms with Crippen LogP contribution in [0.5, 0.6) is 0 Å². The summed E-state index contributed by atoms with van der Waals surface area (Å²) in [5.74, 6) is 0.233. The van der Waals surface area contributed by atoms with Gasteiger partial charge >= 0.3 is 0 Å². The third-order valence-corrected chi connectivity index (χ3v) is 3.77. The molecule has 0 bridgehead atoms. The Morgan fingerprint density at radius 2 is 1.67 bits per heavy atom. The molecule has 110 valence electrons. The molecule has 0 atom stereocenters. The number of carbonyl (C=O) groups is 1. The van der Waals surface area contributed by atoms with Crippen molar-refractivity contribution >= 4 is 11.5 Å². The zero-order chi connectivity index (χ0) is 15.1. The Morgan fingerprint density at radius 3 is 2.33 bits per heavy atom. The molecule has 2 aromatic rings. The first kappa shape index (κ1) is 15.3. The van der Waals surface area contributed by atoms with Crippen LogP contribution in [0.15, 0.2) is 54.6 Å². The fourth-order valence-electron chi connectivity index (χ4n) is 2.57. The van der Waals surface area contributed by atoms with Gasteiger partial charge in [-0.25, -0.2) is 0 Å². The lowest BCUT2D eigenvalue weighted by atomic mass is 10.1. The minimum absolute atomic E-state index is 0.233. The highest BCUT2D eigenvalue weighted by Crippen LogP contribution is 2.19. The lowest BCUT2D eigenvalue weighted by Gasteiger charge is -2.24. The second-order valence-corrected chi connectivity index (χ2v) is 5.26. The SMILES string of the molecule is CCN(CCCC(=O)c1ccccc1)c1ccccc1C. The summed E-state index contributed by atoms with van der Waals surface area (Å²) >= 11 is 0. The molecule has 0 amide bonds. The molecule has 0 aliphatic rings. The number of aryl methyl sites for hydroxylation is 1. The smallest absolute Gasteiger partial charge is 0.162 e. The minimum atomic E-state index is 0.233. The van der Waals surface area contributed by atoms with Gasteiger partial charge in [-0.05, 0) is 31.9 Å². The summed E-state index contributed by atoms with van der Waals surface area (Å²) in [5.41, 5.74) is 3.37. The van der Waals surface area contributed by atoms with E-state index >= 15 is 0 Å². The number of hydrogen-bond acceptors (Lipinski definition) is 2. The van der Waals surface area contributed by atoms with Gasteiger partial charge in [0, 0.05) is 30.8 Å². The number of carbonyl (C=O) groups excluding carboxylic acids is 1. The molecular weight excluding hydrogens is 258 g/mol. The zero-order valence-electron chi connectivity index (χ0n) is 12.9. The van der Waals surface area contributed by atoms with Crippen molar-refractivity contribution in [1.29, 1.82) is 0 Å². The van der Waals surface area contributed by atoms with E-state index in [4.69, 9.17) is 0 Å². The summed E-state index contributed by atoms with van der Waals surface area (Å²) in [5, 5.41) is 0. The molecule has 2 aromatic carbocycles. The molecule has 0 saturated heterocycles. The molecule has 0 radical (unpaired) electrons. The monoisotopic (exact) mass is 281 g/mol. The summed E-state index contributed by atoms with van der Waals surface area (Å²) in [6, 6.07) is 18.0. The maximum atomic E-state index is 12.1. The molecule has 0 spiro atoms. The van der Waals surface area contributed by atoms with Gasteiger partial charge in [-0.15, -0.1) is 0 Å². The summed E-state index contributed by atoms with van der Waals surface area (Å²) < 4.78 is 0. The molecule has 2 nitrogen and oxygen atoms in total. The van der Waals surface area contributed by atoms with E-state index in [1.165, 1.54) is 11.3 Å². The van der Waals surface area contributed by atoms with Crippen LogP contribution in [0.2, 0.25) is 0 Å². The Morgan fingerprint density at radius 1 is 1.00 bits per heavy atom. The van der Waals surface area contributed by atoms with E-state index in [-0.39, 0.29) is 5.78 Å². The van der Waals surface area contributed by atoms with E-state index in [0.29, 0.717) is 6.42 Å². The van der Waals surface area contributed by atoms with Crippen LogP contribution < -0.4 is 4.90 Å². The molecule has 0 heterocycles. The quantitative estimate of drug-likeness (QED) is 0.697. The Bertz CT molecular complexity index is 577. The van der Waals surface area contributed by atoms with Gasteiger partial charge in [-0.2, -0.15) is 0 Å². The van der Waals surface area contributed by atoms with E-state index in [1.807, 2.05) is 30.3 Å². The van der Waals surface area contributed by atoms with Gasteiger partial charge in [0.15, 0.2) is 5.78 Å². The van der Waals surface area contributed by atoms with Crippen LogP contribution in [0.25, 0.3) is 0 Å². The third kappa shape index (κ3) is 4.19. The summed E-state index contributed by atoms with van der Waals surface area (Å²) in [7, 11) is 0. The molecule has 0 N–H and O–H groups in total. The maximum absolute atomic E-state index is 12.1. The number of anilines is 1. The lowest BCUT2D eigenvalue weighted by Crippen LogP contribution is -2.25. The van der Waals surface area contributed by atoms with Gasteiger partial charge in [0.2, 0.25) is 0 Å². The molecule has 0 saturated carbocycles. The van der Waals surface area contributed by atoms with Crippen LogP contribution in [0.1, 0.15) is 35.7 Å². The van der Waals surface area contributed by atoms with E-state index in [9.17, 15) is 4.79 Å². The molecular formula is C19H23NO. The predicted molar refractivity (Wildman–Crippen MR) is 89.1 cm³/mol. The van der Waals surface area contributed by atoms with E-state index in [2.05, 4.69) is 43.0 Å². The van der Waals surface area contributed by atoms with E-state index < -0.39 is 0 Å². The van der Waals surface area contributed by atoms with Crippen LogP contribution in [-0.2, 0) is 0 Å². The van der Waals surface area contributed by atoms with Gasteiger partial charge < -0.3 is 4.90 Å². The normalized spacial score (nSPS) is 10.4. The number of Topliss-reactive ketones (excluding diaryl/α,β-unsaturated/α-hetero) is 1. The topological polar surface area (TPSA) is 20.3 Å². The molecule has 0 aliphatic carbocycles. The average Bonchev–Trinajstić information content (AvgIpc) is 2.53. The van der Waals surface area contributed by atoms with Crippen molar-refractivity contribution in [2.45, 2.75) is 26.7 Å². The zero-order valence-corrected chi connectivity index (χ0v) is 12.9. The highest BCUT2D eigenvalue weighted by Gasteiger charge is 2.09. The molecule has 2 rings (SSSR count). The van der Waals surface area contributed by atoms with Crippen molar-refractivity contribution < 1.29 is 4.79 Å². The average molecular weight is 281 g/mol. The first-order valence-corrected chi connectivity index (χ1v) is 7.61. The molecule has 21 heavy (non-hydrogen) atoms. The molecule has 0 aromatic heterocycles. The van der Waals surface area contributed by atoms with Crippen LogP contribution in [0.3, 0.4) is 0 Å². The second-order valence-electron chi connectivity index (χ2n) is 5.26. The maximum Gasteiger partial charge on any atom is 0.162 e. The van der Waals surface area contributed by atoms with Crippen LogP contribution in [0, 0.1) is 6.92 Å². The largest absolute Gasteiger partial charge is 0.372 e. The summed E-state index contributed by atoms with van der Waals surface area (Å²) in [4.78, 5) is 14.4. The fourth-order valence-corrected chi connectivity index (χ4v) is 2.57. The Labute approximate surface area is 127 Å². The molecule has 0 fully saturated rings. The van der Waals surface area contributed by atoms with Crippen molar-refractivity contribution in [3.63, 3.8) is 0 Å². The number of para-hydroxylation sites is 1. The van der Waals surface area contributed by atoms with Gasteiger partial charge in [0.25, 0.3) is 0 Å². The van der Waals surface area contributed by atoms with Crippen molar-refractivity contribution in [3.8, 4) is 0 Å². The van der Waals surface area contributed by atoms with Crippen molar-refractivity contribution in [2.24, 2.45) is 0 Å². The third-order valence-electron chi connectivity index (χ3n) is 3.77. The van der Waals surface area contributed by atoms with Gasteiger partial charge in [-0.1, -0.05) is 48.5 Å². The van der Waals surface area contributed by atoms with Crippen molar-refractivity contribution in [2.75, 3.05) is 18.0 Å². The number of benzene rings is 2. The standard InChI is InChI=1S/C19H23NO/c1-3-20(18-13-8-7-10-16(18)2)15-9-14-19(21)17-11-5-4-6-12-17/h4-8,10-13H,3,9,14-15H2,1-2H3. The molecule has 0 aliphatic heterocycles. The van der Waals surface area contributed by atoms with Gasteiger partial charge in [0.1, 0.15) is 0 Å². The number of ketones is 1. The van der Waals surface area contributed by atoms with Crippen LogP contribution in [-0.4, -0.2) is 18.9 Å². The number of nitrogens with zero attached hydrogens (tertiary/aromatic N) is 1. The Balaban J connectivity index is 1.90. The minimum Gasteiger partial charge on any atom is -0.372 e. The van der Waals surface area contributed by atoms with Gasteiger partial charge in [0.05, 0.1) is 0 Å². The Kier molecular flexibility index (Phi) is 5.56.